The summed E-state index contributed by atoms with van der Waals surface area (Å²) in [5.74, 6) is 0.725. The van der Waals surface area contributed by atoms with Crippen LogP contribution in [0.25, 0.3) is 0 Å². The first-order valence-electron chi connectivity index (χ1n) is 5.50. The predicted octanol–water partition coefficient (Wildman–Crippen LogP) is 0.421. The SMILES string of the molecule is NC1CCN(c2n[nH]c(COCC(F)(F)F)n2)C1. The molecular formula is C9H14F3N5O. The molecule has 0 saturated carbocycles. The number of nitrogens with two attached hydrogens (primary N) is 1. The second-order valence-corrected chi connectivity index (χ2v) is 4.18. The first-order chi connectivity index (χ1) is 8.44. The van der Waals surface area contributed by atoms with Crippen molar-refractivity contribution in [1.29, 1.82) is 0 Å². The summed E-state index contributed by atoms with van der Waals surface area (Å²) in [5.41, 5.74) is 5.74. The van der Waals surface area contributed by atoms with Crippen molar-refractivity contribution in [2.75, 3.05) is 24.6 Å². The highest BCUT2D eigenvalue weighted by Crippen LogP contribution is 2.17. The first-order valence-corrected chi connectivity index (χ1v) is 5.50. The summed E-state index contributed by atoms with van der Waals surface area (Å²) in [6.07, 6.45) is -3.47. The largest absolute Gasteiger partial charge is 0.411 e. The van der Waals surface area contributed by atoms with Crippen molar-refractivity contribution in [2.45, 2.75) is 25.2 Å². The van der Waals surface area contributed by atoms with Gasteiger partial charge in [-0.2, -0.15) is 18.2 Å². The Hall–Kier alpha value is -1.35. The minimum Gasteiger partial charge on any atom is -0.364 e. The molecule has 3 N–H and O–H groups in total. The van der Waals surface area contributed by atoms with E-state index in [0.717, 1.165) is 13.0 Å². The molecule has 0 bridgehead atoms. The van der Waals surface area contributed by atoms with Crippen LogP contribution in [0.5, 0.6) is 0 Å². The van der Waals surface area contributed by atoms with Gasteiger partial charge in [0.2, 0.25) is 5.95 Å². The van der Waals surface area contributed by atoms with Gasteiger partial charge in [-0.3, -0.25) is 5.10 Å². The molecule has 0 aliphatic carbocycles. The van der Waals surface area contributed by atoms with Gasteiger partial charge < -0.3 is 15.4 Å². The maximum Gasteiger partial charge on any atom is 0.411 e. The van der Waals surface area contributed by atoms with Crippen molar-refractivity contribution in [1.82, 2.24) is 15.2 Å². The zero-order valence-electron chi connectivity index (χ0n) is 9.57. The fourth-order valence-corrected chi connectivity index (χ4v) is 1.72. The van der Waals surface area contributed by atoms with Crippen molar-refractivity contribution < 1.29 is 17.9 Å². The Kier molecular flexibility index (Phi) is 3.71. The lowest BCUT2D eigenvalue weighted by Gasteiger charge is -2.11. The van der Waals surface area contributed by atoms with Crippen LogP contribution in [0, 0.1) is 0 Å². The molecule has 1 aromatic heterocycles. The van der Waals surface area contributed by atoms with Gasteiger partial charge in [-0.05, 0) is 6.42 Å². The molecule has 2 heterocycles. The molecule has 2 rings (SSSR count). The second kappa shape index (κ2) is 5.11. The molecule has 1 aliphatic rings. The summed E-state index contributed by atoms with van der Waals surface area (Å²) in [7, 11) is 0. The van der Waals surface area contributed by atoms with Gasteiger partial charge in [0.1, 0.15) is 13.2 Å². The zero-order valence-corrected chi connectivity index (χ0v) is 9.57. The van der Waals surface area contributed by atoms with E-state index >= 15 is 0 Å². The molecule has 1 fully saturated rings. The van der Waals surface area contributed by atoms with E-state index in [1.54, 1.807) is 0 Å². The summed E-state index contributed by atoms with van der Waals surface area (Å²) >= 11 is 0. The van der Waals surface area contributed by atoms with E-state index in [2.05, 4.69) is 19.9 Å². The molecule has 1 saturated heterocycles. The summed E-state index contributed by atoms with van der Waals surface area (Å²) in [4.78, 5) is 5.94. The summed E-state index contributed by atoms with van der Waals surface area (Å²) in [6, 6.07) is 0.0911. The number of aromatic amines is 1. The fraction of sp³-hybridized carbons (Fsp3) is 0.778. The van der Waals surface area contributed by atoms with Gasteiger partial charge >= 0.3 is 6.18 Å². The van der Waals surface area contributed by atoms with E-state index in [9.17, 15) is 13.2 Å². The highest BCUT2D eigenvalue weighted by molar-refractivity contribution is 5.31. The van der Waals surface area contributed by atoms with Crippen LogP contribution in [0.3, 0.4) is 0 Å². The van der Waals surface area contributed by atoms with Gasteiger partial charge in [0.25, 0.3) is 0 Å². The van der Waals surface area contributed by atoms with Crippen LogP contribution in [0.2, 0.25) is 0 Å². The number of ether oxygens (including phenoxy) is 1. The third-order valence-corrected chi connectivity index (χ3v) is 2.53. The van der Waals surface area contributed by atoms with Crippen molar-refractivity contribution in [3.8, 4) is 0 Å². The second-order valence-electron chi connectivity index (χ2n) is 4.18. The Morgan fingerprint density at radius 1 is 1.50 bits per heavy atom. The van der Waals surface area contributed by atoms with Gasteiger partial charge in [-0.1, -0.05) is 0 Å². The Balaban J connectivity index is 1.83. The van der Waals surface area contributed by atoms with E-state index in [4.69, 9.17) is 5.73 Å². The third kappa shape index (κ3) is 3.57. The number of aromatic nitrogens is 3. The number of anilines is 1. The number of halogens is 3. The standard InChI is InChI=1S/C9H14F3N5O/c10-9(11,12)5-18-4-7-14-8(16-15-7)17-2-1-6(13)3-17/h6H,1-5,13H2,(H,14,15,16). The van der Waals surface area contributed by atoms with Crippen molar-refractivity contribution in [2.24, 2.45) is 5.73 Å². The van der Waals surface area contributed by atoms with E-state index in [1.807, 2.05) is 4.90 Å². The third-order valence-electron chi connectivity index (χ3n) is 2.53. The van der Waals surface area contributed by atoms with Crippen molar-refractivity contribution in [3.63, 3.8) is 0 Å². The van der Waals surface area contributed by atoms with Gasteiger partial charge in [0.15, 0.2) is 5.82 Å². The van der Waals surface area contributed by atoms with Crippen LogP contribution < -0.4 is 10.6 Å². The van der Waals surface area contributed by atoms with E-state index in [1.165, 1.54) is 0 Å². The molecule has 1 aliphatic heterocycles. The van der Waals surface area contributed by atoms with Crippen LogP contribution in [-0.4, -0.2) is 47.1 Å². The maximum absolute atomic E-state index is 11.9. The Bertz CT molecular complexity index is 394. The lowest BCUT2D eigenvalue weighted by atomic mass is 10.3. The lowest BCUT2D eigenvalue weighted by Crippen LogP contribution is -2.27. The molecular weight excluding hydrogens is 251 g/mol. The molecule has 18 heavy (non-hydrogen) atoms. The molecule has 1 unspecified atom stereocenters. The van der Waals surface area contributed by atoms with Gasteiger partial charge in [0, 0.05) is 19.1 Å². The molecule has 0 radical (unpaired) electrons. The van der Waals surface area contributed by atoms with Gasteiger partial charge in [-0.15, -0.1) is 5.10 Å². The minimum absolute atomic E-state index is 0.0911. The molecule has 102 valence electrons. The van der Waals surface area contributed by atoms with Crippen LogP contribution in [-0.2, 0) is 11.3 Å². The van der Waals surface area contributed by atoms with Gasteiger partial charge in [0.05, 0.1) is 0 Å². The zero-order chi connectivity index (χ0) is 13.2. The van der Waals surface area contributed by atoms with E-state index < -0.39 is 12.8 Å². The highest BCUT2D eigenvalue weighted by atomic mass is 19.4. The molecule has 0 amide bonds. The summed E-state index contributed by atoms with van der Waals surface area (Å²) in [6.45, 7) is -0.132. The fourth-order valence-electron chi connectivity index (χ4n) is 1.72. The normalized spacial score (nSPS) is 20.7. The van der Waals surface area contributed by atoms with Crippen LogP contribution >= 0.6 is 0 Å². The monoisotopic (exact) mass is 265 g/mol. The number of nitrogens with zero attached hydrogens (tertiary/aromatic N) is 3. The smallest absolute Gasteiger partial charge is 0.364 e. The number of hydrogen-bond donors (Lipinski definition) is 2. The molecule has 1 atom stereocenters. The van der Waals surface area contributed by atoms with Crippen molar-refractivity contribution in [3.05, 3.63) is 5.82 Å². The maximum atomic E-state index is 11.9. The number of hydrogen-bond acceptors (Lipinski definition) is 5. The summed E-state index contributed by atoms with van der Waals surface area (Å²) in [5, 5.41) is 6.47. The Morgan fingerprint density at radius 2 is 2.28 bits per heavy atom. The lowest BCUT2D eigenvalue weighted by molar-refractivity contribution is -0.177. The molecule has 9 heteroatoms. The van der Waals surface area contributed by atoms with Crippen LogP contribution in [0.4, 0.5) is 19.1 Å². The van der Waals surface area contributed by atoms with Crippen LogP contribution in [0.15, 0.2) is 0 Å². The predicted molar refractivity (Wildman–Crippen MR) is 56.9 cm³/mol. The Labute approximate surface area is 101 Å². The summed E-state index contributed by atoms with van der Waals surface area (Å²) < 4.78 is 40.1. The molecule has 0 spiro atoms. The van der Waals surface area contributed by atoms with Gasteiger partial charge in [-0.25, -0.2) is 0 Å². The highest BCUT2D eigenvalue weighted by Gasteiger charge is 2.28. The molecule has 1 aromatic rings. The van der Waals surface area contributed by atoms with Crippen molar-refractivity contribution >= 4 is 5.95 Å². The quantitative estimate of drug-likeness (QED) is 0.824. The first kappa shape index (κ1) is 13.1. The minimum atomic E-state index is -4.33. The number of nitrogens with one attached hydrogen (secondary N) is 1. The van der Waals surface area contributed by atoms with E-state index in [-0.39, 0.29) is 18.5 Å². The number of H-pyrrole nitrogens is 1. The van der Waals surface area contributed by atoms with Crippen LogP contribution in [0.1, 0.15) is 12.2 Å². The average Bonchev–Trinajstić information content (AvgIpc) is 2.85. The molecule has 6 nitrogen and oxygen atoms in total. The average molecular weight is 265 g/mol. The Morgan fingerprint density at radius 3 is 2.89 bits per heavy atom. The molecule has 0 aromatic carbocycles. The number of rotatable bonds is 4. The van der Waals surface area contributed by atoms with E-state index in [0.29, 0.717) is 12.5 Å². The number of alkyl halides is 3. The topological polar surface area (TPSA) is 80.1 Å².